The van der Waals surface area contributed by atoms with Crippen LogP contribution in [0.1, 0.15) is 86.0 Å². The van der Waals surface area contributed by atoms with Crippen molar-refractivity contribution in [1.29, 1.82) is 0 Å². The lowest BCUT2D eigenvalue weighted by molar-refractivity contribution is -0.369. The van der Waals surface area contributed by atoms with Gasteiger partial charge in [0.25, 0.3) is 0 Å². The van der Waals surface area contributed by atoms with Gasteiger partial charge in [-0.25, -0.2) is 0 Å². The average molecular weight is 901 g/mol. The van der Waals surface area contributed by atoms with E-state index in [4.69, 9.17) is 37.9 Å². The van der Waals surface area contributed by atoms with Gasteiger partial charge in [-0.05, 0) is 86.4 Å². The minimum Gasteiger partial charge on any atom is -0.394 e. The molecule has 0 bridgehead atoms. The molecule has 10 N–H and O–H groups in total. The summed E-state index contributed by atoms with van der Waals surface area (Å²) in [6.45, 7) is 10.2. The molecule has 4 aliphatic carbocycles. The highest BCUT2D eigenvalue weighted by Gasteiger charge is 2.70. The van der Waals surface area contributed by atoms with Crippen molar-refractivity contribution in [3.63, 3.8) is 0 Å². The van der Waals surface area contributed by atoms with Crippen LogP contribution in [0.3, 0.4) is 0 Å². The van der Waals surface area contributed by atoms with Crippen LogP contribution < -0.4 is 0 Å². The minimum absolute atomic E-state index is 0.0451. The predicted octanol–water partition coefficient (Wildman–Crippen LogP) is -0.813. The Labute approximate surface area is 368 Å². The van der Waals surface area contributed by atoms with E-state index in [1.165, 1.54) is 12.5 Å². The fourth-order valence-electron chi connectivity index (χ4n) is 14.1. The summed E-state index contributed by atoms with van der Waals surface area (Å²) in [6.07, 6.45) is -11.5. The second-order valence-electron chi connectivity index (χ2n) is 21.6. The van der Waals surface area contributed by atoms with Crippen molar-refractivity contribution >= 4 is 0 Å². The van der Waals surface area contributed by atoms with Crippen LogP contribution in [0, 0.1) is 45.8 Å². The minimum atomic E-state index is -1.65. The van der Waals surface area contributed by atoms with Gasteiger partial charge in [0.1, 0.15) is 67.1 Å². The molecule has 0 aromatic carbocycles. The van der Waals surface area contributed by atoms with Crippen LogP contribution in [-0.2, 0) is 37.9 Å². The first-order chi connectivity index (χ1) is 29.8. The van der Waals surface area contributed by atoms with Gasteiger partial charge in [0, 0.05) is 17.8 Å². The molecule has 5 heterocycles. The monoisotopic (exact) mass is 900 g/mol. The van der Waals surface area contributed by atoms with Crippen LogP contribution in [0.4, 0.5) is 0 Å². The number of allylic oxidation sites excluding steroid dienone is 1. The first-order valence-electron chi connectivity index (χ1n) is 23.3. The number of hydrogen-bond acceptors (Lipinski definition) is 18. The van der Waals surface area contributed by atoms with Crippen molar-refractivity contribution in [1.82, 2.24) is 0 Å². The Balaban J connectivity index is 0.847. The van der Waals surface area contributed by atoms with E-state index in [1.807, 2.05) is 0 Å². The molecule has 0 radical (unpaired) electrons. The first kappa shape index (κ1) is 47.1. The maximum atomic E-state index is 11.2. The third-order valence-corrected chi connectivity index (χ3v) is 17.8. The first-order valence-corrected chi connectivity index (χ1v) is 23.3. The fraction of sp³-hybridized carbons (Fsp3) is 0.956. The smallest absolute Gasteiger partial charge is 0.187 e. The van der Waals surface area contributed by atoms with Gasteiger partial charge in [-0.3, -0.25) is 0 Å². The molecule has 63 heavy (non-hydrogen) atoms. The quantitative estimate of drug-likeness (QED) is 0.127. The molecule has 5 saturated heterocycles. The van der Waals surface area contributed by atoms with E-state index in [0.717, 1.165) is 32.1 Å². The normalized spacial score (nSPS) is 57.9. The molecule has 360 valence electrons. The molecule has 9 aliphatic rings. The van der Waals surface area contributed by atoms with Crippen molar-refractivity contribution < 1.29 is 89.0 Å². The molecule has 18 nitrogen and oxygen atoms in total. The lowest BCUT2D eigenvalue weighted by Gasteiger charge is -2.58. The molecule has 1 spiro atoms. The molecular formula is C45H72O18. The zero-order valence-electron chi connectivity index (χ0n) is 37.0. The van der Waals surface area contributed by atoms with Crippen molar-refractivity contribution in [2.75, 3.05) is 26.4 Å². The summed E-state index contributed by atoms with van der Waals surface area (Å²) in [7, 11) is 0. The zero-order chi connectivity index (χ0) is 45.1. The van der Waals surface area contributed by atoms with E-state index < -0.39 is 117 Å². The largest absolute Gasteiger partial charge is 0.394 e. The van der Waals surface area contributed by atoms with Crippen LogP contribution in [-0.4, -0.2) is 188 Å². The second-order valence-corrected chi connectivity index (χ2v) is 21.6. The topological polar surface area (TPSA) is 276 Å². The van der Waals surface area contributed by atoms with Crippen molar-refractivity contribution in [3.8, 4) is 0 Å². The number of fused-ring (bicyclic) bond motifs is 7. The molecule has 9 rings (SSSR count). The molecule has 5 aliphatic heterocycles. The van der Waals surface area contributed by atoms with Gasteiger partial charge < -0.3 is 89.0 Å². The lowest BCUT2D eigenvalue weighted by Crippen LogP contribution is -2.64. The maximum Gasteiger partial charge on any atom is 0.187 e. The highest BCUT2D eigenvalue weighted by Crippen LogP contribution is 2.71. The van der Waals surface area contributed by atoms with Crippen molar-refractivity contribution in [2.24, 2.45) is 45.8 Å². The van der Waals surface area contributed by atoms with E-state index in [2.05, 4.69) is 33.8 Å². The summed E-state index contributed by atoms with van der Waals surface area (Å²) in [5.41, 5.74) is 0.866. The lowest BCUT2D eigenvalue weighted by atomic mass is 9.47. The summed E-state index contributed by atoms with van der Waals surface area (Å²) in [6, 6.07) is 0. The van der Waals surface area contributed by atoms with Gasteiger partial charge in [0.15, 0.2) is 24.7 Å². The van der Waals surface area contributed by atoms with E-state index in [-0.39, 0.29) is 35.6 Å². The van der Waals surface area contributed by atoms with Gasteiger partial charge in [-0.2, -0.15) is 0 Å². The van der Waals surface area contributed by atoms with E-state index >= 15 is 0 Å². The number of aliphatic hydroxyl groups is 10. The summed E-state index contributed by atoms with van der Waals surface area (Å²) >= 11 is 0. The van der Waals surface area contributed by atoms with Gasteiger partial charge in [0.05, 0.1) is 44.7 Å². The Morgan fingerprint density at radius 2 is 1.38 bits per heavy atom. The summed E-state index contributed by atoms with van der Waals surface area (Å²) in [5, 5.41) is 104. The van der Waals surface area contributed by atoms with Crippen LogP contribution >= 0.6 is 0 Å². The van der Waals surface area contributed by atoms with E-state index in [9.17, 15) is 51.1 Å². The van der Waals surface area contributed by atoms with E-state index in [1.54, 1.807) is 0 Å². The Morgan fingerprint density at radius 3 is 2.10 bits per heavy atom. The third-order valence-electron chi connectivity index (χ3n) is 17.8. The standard InChI is InChI=1S/C45H72O18/c1-19-29-26(63-45(19)16-42(3,18-57-45)17-56-39-36(54)34(52)31(49)27(14-46)60-39)13-25-23-7-6-21-12-22(8-10-43(21,4)24(23)9-11-44(25,29)5)59-41-38(35(53)32(50)28(15-47)61-41)62-40-37(55)33(51)30(48)20(2)58-40/h6,19-20,22-41,46-55H,7-18H2,1-5H3. The van der Waals surface area contributed by atoms with Crippen LogP contribution in [0.25, 0.3) is 0 Å². The SMILES string of the molecule is CC1OC(OC2C(OC3CCC4(C)C(=CCC5C4CCC4(C)C5CC5OC6(CC(C)(COC7OC(CO)C(O)C(O)C7O)CO6)C(C)C54)C3)OC(CO)C(O)C2O)C(O)C(O)C1O. The number of ether oxygens (including phenoxy) is 8. The van der Waals surface area contributed by atoms with Gasteiger partial charge in [-0.1, -0.05) is 39.3 Å². The van der Waals surface area contributed by atoms with Crippen molar-refractivity contribution in [3.05, 3.63) is 11.6 Å². The van der Waals surface area contributed by atoms with Crippen LogP contribution in [0.2, 0.25) is 0 Å². The molecule has 26 atom stereocenters. The van der Waals surface area contributed by atoms with Crippen LogP contribution in [0.15, 0.2) is 11.6 Å². The molecule has 18 heteroatoms. The molecule has 8 fully saturated rings. The van der Waals surface area contributed by atoms with Crippen molar-refractivity contribution in [2.45, 2.75) is 196 Å². The number of hydrogen-bond donors (Lipinski definition) is 10. The Kier molecular flexibility index (Phi) is 12.9. The molecular weight excluding hydrogens is 828 g/mol. The summed E-state index contributed by atoms with van der Waals surface area (Å²) in [4.78, 5) is 0. The summed E-state index contributed by atoms with van der Waals surface area (Å²) < 4.78 is 49.5. The molecule has 0 amide bonds. The molecule has 0 aromatic heterocycles. The van der Waals surface area contributed by atoms with E-state index in [0.29, 0.717) is 49.5 Å². The predicted molar refractivity (Wildman–Crippen MR) is 216 cm³/mol. The number of aliphatic hydroxyl groups excluding tert-OH is 10. The Bertz CT molecular complexity index is 1670. The Hall–Kier alpha value is -0.980. The molecule has 3 saturated carbocycles. The molecule has 0 aromatic rings. The maximum absolute atomic E-state index is 11.2. The molecule has 26 unspecified atom stereocenters. The Morgan fingerprint density at radius 1 is 0.714 bits per heavy atom. The summed E-state index contributed by atoms with van der Waals surface area (Å²) in [5.74, 6) is 1.06. The second kappa shape index (κ2) is 17.2. The number of rotatable bonds is 9. The fourth-order valence-corrected chi connectivity index (χ4v) is 14.1. The van der Waals surface area contributed by atoms with Gasteiger partial charge in [0.2, 0.25) is 0 Å². The zero-order valence-corrected chi connectivity index (χ0v) is 37.0. The highest BCUT2D eigenvalue weighted by atomic mass is 16.8. The highest BCUT2D eigenvalue weighted by molar-refractivity contribution is 5.26. The average Bonchev–Trinajstić information content (AvgIpc) is 3.86. The van der Waals surface area contributed by atoms with Crippen LogP contribution in [0.5, 0.6) is 0 Å². The van der Waals surface area contributed by atoms with Gasteiger partial charge in [-0.15, -0.1) is 0 Å². The third kappa shape index (κ3) is 7.71. The van der Waals surface area contributed by atoms with Gasteiger partial charge >= 0.3 is 0 Å².